The topological polar surface area (TPSA) is 70.3 Å². The van der Waals surface area contributed by atoms with E-state index >= 15 is 0 Å². The minimum atomic E-state index is -0.166. The van der Waals surface area contributed by atoms with Crippen LogP contribution in [0, 0.1) is 0 Å². The number of phenolic OH excluding ortho intramolecular Hbond substituents is 2. The van der Waals surface area contributed by atoms with Gasteiger partial charge in [0.2, 0.25) is 0 Å². The highest BCUT2D eigenvalue weighted by Gasteiger charge is 2.07. The number of aromatic nitrogens is 2. The monoisotopic (exact) mass is 255 g/mol. The molecule has 3 N–H and O–H groups in total. The Hall–Kier alpha value is -2.69. The number of phenols is 2. The highest BCUT2D eigenvalue weighted by molar-refractivity contribution is 5.79. The normalized spacial score (nSPS) is 10.7. The summed E-state index contributed by atoms with van der Waals surface area (Å²) in [4.78, 5) is 4.16. The number of hydrogen-bond acceptors (Lipinski definition) is 4. The first-order valence-corrected chi connectivity index (χ1v) is 5.91. The Labute approximate surface area is 109 Å². The molecule has 1 aromatic heterocycles. The van der Waals surface area contributed by atoms with E-state index < -0.39 is 0 Å². The molecule has 0 aliphatic rings. The molecular weight excluding hydrogens is 242 g/mol. The van der Waals surface area contributed by atoms with Crippen LogP contribution in [0.5, 0.6) is 11.5 Å². The molecule has 5 heteroatoms. The predicted molar refractivity (Wildman–Crippen MR) is 72.6 cm³/mol. The third-order valence-corrected chi connectivity index (χ3v) is 2.94. The van der Waals surface area contributed by atoms with Crippen LogP contribution < -0.4 is 5.43 Å². The molecule has 19 heavy (non-hydrogen) atoms. The third kappa shape index (κ3) is 2.18. The third-order valence-electron chi connectivity index (χ3n) is 2.94. The molecular formula is C14H13N3O2. The summed E-state index contributed by atoms with van der Waals surface area (Å²) in [5.74, 6) is -0.323. The zero-order chi connectivity index (χ0) is 13.2. The maximum absolute atomic E-state index is 9.53. The SMILES string of the molecule is Oc1cc2ncn(NCc3ccccc3)c2cc1O. The molecule has 0 saturated carbocycles. The zero-order valence-corrected chi connectivity index (χ0v) is 10.1. The fourth-order valence-electron chi connectivity index (χ4n) is 1.93. The molecule has 1 heterocycles. The van der Waals surface area contributed by atoms with Crippen LogP contribution in [0.3, 0.4) is 0 Å². The van der Waals surface area contributed by atoms with E-state index in [1.807, 2.05) is 30.3 Å². The average molecular weight is 255 g/mol. The molecule has 0 atom stereocenters. The van der Waals surface area contributed by atoms with Gasteiger partial charge in [0.1, 0.15) is 6.33 Å². The van der Waals surface area contributed by atoms with E-state index in [-0.39, 0.29) is 11.5 Å². The second kappa shape index (κ2) is 4.53. The number of nitrogens with one attached hydrogen (secondary N) is 1. The zero-order valence-electron chi connectivity index (χ0n) is 10.1. The number of fused-ring (bicyclic) bond motifs is 1. The molecule has 0 aliphatic carbocycles. The summed E-state index contributed by atoms with van der Waals surface area (Å²) in [6.45, 7) is 0.647. The van der Waals surface area contributed by atoms with Crippen molar-refractivity contribution in [3.63, 3.8) is 0 Å². The van der Waals surface area contributed by atoms with E-state index in [1.54, 1.807) is 11.0 Å². The summed E-state index contributed by atoms with van der Waals surface area (Å²) >= 11 is 0. The van der Waals surface area contributed by atoms with Crippen LogP contribution in [0.15, 0.2) is 48.8 Å². The molecule has 96 valence electrons. The van der Waals surface area contributed by atoms with Crippen LogP contribution >= 0.6 is 0 Å². The van der Waals surface area contributed by atoms with Gasteiger partial charge in [-0.2, -0.15) is 0 Å². The number of benzene rings is 2. The quantitative estimate of drug-likeness (QED) is 0.627. The van der Waals surface area contributed by atoms with Crippen molar-refractivity contribution in [2.24, 2.45) is 0 Å². The van der Waals surface area contributed by atoms with Gasteiger partial charge >= 0.3 is 0 Å². The Morgan fingerprint density at radius 2 is 1.79 bits per heavy atom. The van der Waals surface area contributed by atoms with Crippen LogP contribution in [0.2, 0.25) is 0 Å². The van der Waals surface area contributed by atoms with Crippen molar-refractivity contribution in [1.29, 1.82) is 0 Å². The first-order chi connectivity index (χ1) is 9.24. The highest BCUT2D eigenvalue weighted by atomic mass is 16.3. The molecule has 3 rings (SSSR count). The predicted octanol–water partition coefficient (Wildman–Crippen LogP) is 2.19. The molecule has 3 aromatic rings. The molecule has 0 aliphatic heterocycles. The molecule has 0 fully saturated rings. The molecule has 0 saturated heterocycles. The van der Waals surface area contributed by atoms with Crippen LogP contribution in [0.1, 0.15) is 5.56 Å². The van der Waals surface area contributed by atoms with Crippen LogP contribution in [-0.4, -0.2) is 19.9 Å². The van der Waals surface area contributed by atoms with Crippen molar-refractivity contribution in [3.8, 4) is 11.5 Å². The van der Waals surface area contributed by atoms with Gasteiger partial charge in [-0.05, 0) is 5.56 Å². The van der Waals surface area contributed by atoms with Gasteiger partial charge in [0.15, 0.2) is 11.5 Å². The first kappa shape index (κ1) is 11.4. The average Bonchev–Trinajstić information content (AvgIpc) is 2.80. The summed E-state index contributed by atoms with van der Waals surface area (Å²) < 4.78 is 1.72. The van der Waals surface area contributed by atoms with E-state index in [2.05, 4.69) is 10.4 Å². The van der Waals surface area contributed by atoms with Gasteiger partial charge in [-0.15, -0.1) is 0 Å². The second-order valence-electron chi connectivity index (χ2n) is 4.26. The number of nitrogens with zero attached hydrogens (tertiary/aromatic N) is 2. The minimum absolute atomic E-state index is 0.157. The Morgan fingerprint density at radius 3 is 2.58 bits per heavy atom. The fourth-order valence-corrected chi connectivity index (χ4v) is 1.93. The largest absolute Gasteiger partial charge is 0.504 e. The van der Waals surface area contributed by atoms with E-state index in [9.17, 15) is 10.2 Å². The van der Waals surface area contributed by atoms with Gasteiger partial charge in [0.05, 0.1) is 17.6 Å². The molecule has 0 unspecified atom stereocenters. The van der Waals surface area contributed by atoms with Crippen LogP contribution in [-0.2, 0) is 6.54 Å². The number of imidazole rings is 1. The van der Waals surface area contributed by atoms with Gasteiger partial charge in [-0.1, -0.05) is 30.3 Å². The number of aromatic hydroxyl groups is 2. The second-order valence-corrected chi connectivity index (χ2v) is 4.26. The standard InChI is InChI=1S/C14H13N3O2/c18-13-6-11-12(7-14(13)19)17(9-15-11)16-8-10-4-2-1-3-5-10/h1-7,9,16,18-19H,8H2. The van der Waals surface area contributed by atoms with Gasteiger partial charge in [0.25, 0.3) is 0 Å². The summed E-state index contributed by atoms with van der Waals surface area (Å²) in [6, 6.07) is 12.9. The highest BCUT2D eigenvalue weighted by Crippen LogP contribution is 2.29. The van der Waals surface area contributed by atoms with Crippen molar-refractivity contribution in [3.05, 3.63) is 54.4 Å². The molecule has 0 amide bonds. The molecule has 0 spiro atoms. The Bertz CT molecular complexity index is 707. The Balaban J connectivity index is 1.87. The lowest BCUT2D eigenvalue weighted by atomic mass is 10.2. The number of rotatable bonds is 3. The summed E-state index contributed by atoms with van der Waals surface area (Å²) in [5.41, 5.74) is 5.67. The maximum atomic E-state index is 9.53. The number of hydrogen-bond donors (Lipinski definition) is 3. The van der Waals surface area contributed by atoms with Gasteiger partial charge in [-0.25, -0.2) is 9.66 Å². The van der Waals surface area contributed by atoms with Crippen molar-refractivity contribution >= 4 is 11.0 Å². The maximum Gasteiger partial charge on any atom is 0.159 e. The Morgan fingerprint density at radius 1 is 1.05 bits per heavy atom. The Kier molecular flexibility index (Phi) is 2.72. The van der Waals surface area contributed by atoms with Gasteiger partial charge in [-0.3, -0.25) is 0 Å². The van der Waals surface area contributed by atoms with Crippen LogP contribution in [0.25, 0.3) is 11.0 Å². The minimum Gasteiger partial charge on any atom is -0.504 e. The molecule has 0 bridgehead atoms. The van der Waals surface area contributed by atoms with Gasteiger partial charge in [0, 0.05) is 12.1 Å². The van der Waals surface area contributed by atoms with Crippen LogP contribution in [0.4, 0.5) is 0 Å². The summed E-state index contributed by atoms with van der Waals surface area (Å²) in [6.07, 6.45) is 1.62. The lowest BCUT2D eigenvalue weighted by molar-refractivity contribution is 0.404. The van der Waals surface area contributed by atoms with Gasteiger partial charge < -0.3 is 15.6 Å². The van der Waals surface area contributed by atoms with E-state index in [0.29, 0.717) is 17.6 Å². The molecule has 2 aromatic carbocycles. The van der Waals surface area contributed by atoms with Crippen molar-refractivity contribution < 1.29 is 10.2 Å². The van der Waals surface area contributed by atoms with E-state index in [4.69, 9.17) is 0 Å². The molecule has 0 radical (unpaired) electrons. The van der Waals surface area contributed by atoms with E-state index in [1.165, 1.54) is 12.1 Å². The first-order valence-electron chi connectivity index (χ1n) is 5.91. The summed E-state index contributed by atoms with van der Waals surface area (Å²) in [5, 5.41) is 18.9. The fraction of sp³-hybridized carbons (Fsp3) is 0.0714. The smallest absolute Gasteiger partial charge is 0.159 e. The lowest BCUT2D eigenvalue weighted by Crippen LogP contribution is -2.12. The lowest BCUT2D eigenvalue weighted by Gasteiger charge is -2.08. The summed E-state index contributed by atoms with van der Waals surface area (Å²) in [7, 11) is 0. The van der Waals surface area contributed by atoms with Crippen molar-refractivity contribution in [2.45, 2.75) is 6.54 Å². The van der Waals surface area contributed by atoms with Crippen molar-refractivity contribution in [2.75, 3.05) is 5.43 Å². The van der Waals surface area contributed by atoms with E-state index in [0.717, 1.165) is 5.56 Å². The molecule has 5 nitrogen and oxygen atoms in total. The van der Waals surface area contributed by atoms with Crippen molar-refractivity contribution in [1.82, 2.24) is 9.66 Å².